The summed E-state index contributed by atoms with van der Waals surface area (Å²) in [6.45, 7) is 3.59. The third-order valence-electron chi connectivity index (χ3n) is 3.37. The zero-order valence-corrected chi connectivity index (χ0v) is 11.5. The van der Waals surface area contributed by atoms with E-state index in [9.17, 15) is 0 Å². The summed E-state index contributed by atoms with van der Waals surface area (Å²) in [6, 6.07) is 8.62. The minimum absolute atomic E-state index is 0.360. The highest BCUT2D eigenvalue weighted by Crippen LogP contribution is 2.14. The summed E-state index contributed by atoms with van der Waals surface area (Å²) in [5, 5.41) is 0. The maximum atomic E-state index is 5.96. The molecule has 3 nitrogen and oxygen atoms in total. The van der Waals surface area contributed by atoms with Crippen LogP contribution >= 0.6 is 11.6 Å². The third kappa shape index (κ3) is 3.61. The monoisotopic (exact) mass is 269 g/mol. The highest BCUT2D eigenvalue weighted by molar-refractivity contribution is 6.18. The summed E-state index contributed by atoms with van der Waals surface area (Å²) in [5.74, 6) is 1.55. The summed E-state index contributed by atoms with van der Waals surface area (Å²) in [6.07, 6.45) is 1.04. The molecule has 1 heterocycles. The SMILES string of the molecule is COc1ccc(CCN2CCOCC2CCl)cc1. The summed E-state index contributed by atoms with van der Waals surface area (Å²) < 4.78 is 10.6. The van der Waals surface area contributed by atoms with Crippen LogP contribution in [0.25, 0.3) is 0 Å². The van der Waals surface area contributed by atoms with Crippen molar-refractivity contribution in [2.75, 3.05) is 39.3 Å². The van der Waals surface area contributed by atoms with Gasteiger partial charge in [0.05, 0.1) is 20.3 Å². The van der Waals surface area contributed by atoms with Crippen molar-refractivity contribution < 1.29 is 9.47 Å². The molecule has 0 aliphatic carbocycles. The van der Waals surface area contributed by atoms with E-state index >= 15 is 0 Å². The van der Waals surface area contributed by atoms with Crippen molar-refractivity contribution in [3.63, 3.8) is 0 Å². The van der Waals surface area contributed by atoms with Gasteiger partial charge in [-0.25, -0.2) is 0 Å². The van der Waals surface area contributed by atoms with Gasteiger partial charge >= 0.3 is 0 Å². The standard InChI is InChI=1S/C14H20ClNO2/c1-17-14-4-2-12(3-5-14)6-7-16-8-9-18-11-13(16)10-15/h2-5,13H,6-11H2,1H3. The largest absolute Gasteiger partial charge is 0.497 e. The maximum absolute atomic E-state index is 5.96. The Kier molecular flexibility index (Phi) is 5.29. The summed E-state index contributed by atoms with van der Waals surface area (Å²) in [5.41, 5.74) is 1.33. The molecule has 0 aromatic heterocycles. The molecule has 18 heavy (non-hydrogen) atoms. The molecule has 1 unspecified atom stereocenters. The van der Waals surface area contributed by atoms with Crippen LogP contribution in [0.5, 0.6) is 5.75 Å². The Morgan fingerprint density at radius 2 is 2.17 bits per heavy atom. The van der Waals surface area contributed by atoms with Crippen LogP contribution in [0.4, 0.5) is 0 Å². The number of morpholine rings is 1. The molecule has 0 bridgehead atoms. The normalized spacial score (nSPS) is 20.9. The summed E-state index contributed by atoms with van der Waals surface area (Å²) >= 11 is 5.96. The fraction of sp³-hybridized carbons (Fsp3) is 0.571. The van der Waals surface area contributed by atoms with Crippen molar-refractivity contribution in [1.29, 1.82) is 0 Å². The quantitative estimate of drug-likeness (QED) is 0.765. The molecule has 0 spiro atoms. The number of hydrogen-bond donors (Lipinski definition) is 0. The van der Waals surface area contributed by atoms with E-state index in [1.165, 1.54) is 5.56 Å². The first kappa shape index (κ1) is 13.7. The molecule has 1 aliphatic heterocycles. The van der Waals surface area contributed by atoms with Crippen LogP contribution in [0.3, 0.4) is 0 Å². The second-order valence-corrected chi connectivity index (χ2v) is 4.83. The van der Waals surface area contributed by atoms with Crippen molar-refractivity contribution in [2.45, 2.75) is 12.5 Å². The fourth-order valence-electron chi connectivity index (χ4n) is 2.19. The zero-order chi connectivity index (χ0) is 12.8. The lowest BCUT2D eigenvalue weighted by Gasteiger charge is -2.34. The summed E-state index contributed by atoms with van der Waals surface area (Å²) in [4.78, 5) is 2.42. The number of alkyl halides is 1. The van der Waals surface area contributed by atoms with Crippen LogP contribution in [0, 0.1) is 0 Å². The van der Waals surface area contributed by atoms with Crippen LogP contribution in [0.2, 0.25) is 0 Å². The second kappa shape index (κ2) is 6.98. The van der Waals surface area contributed by atoms with Gasteiger partial charge in [-0.2, -0.15) is 0 Å². The predicted octanol–water partition coefficient (Wildman–Crippen LogP) is 2.18. The molecule has 1 aromatic carbocycles. The maximum Gasteiger partial charge on any atom is 0.118 e. The predicted molar refractivity (Wildman–Crippen MR) is 73.6 cm³/mol. The third-order valence-corrected chi connectivity index (χ3v) is 3.73. The van der Waals surface area contributed by atoms with Crippen molar-refractivity contribution in [3.8, 4) is 5.75 Å². The molecule has 0 saturated carbocycles. The molecule has 1 aromatic rings. The molecular formula is C14H20ClNO2. The Morgan fingerprint density at radius 1 is 1.39 bits per heavy atom. The topological polar surface area (TPSA) is 21.7 Å². The highest BCUT2D eigenvalue weighted by Gasteiger charge is 2.21. The average Bonchev–Trinajstić information content (AvgIpc) is 2.46. The smallest absolute Gasteiger partial charge is 0.118 e. The molecule has 2 rings (SSSR count). The number of hydrogen-bond acceptors (Lipinski definition) is 3. The van der Waals surface area contributed by atoms with Crippen LogP contribution in [-0.2, 0) is 11.2 Å². The van der Waals surface area contributed by atoms with Gasteiger partial charge < -0.3 is 9.47 Å². The Morgan fingerprint density at radius 3 is 2.83 bits per heavy atom. The van der Waals surface area contributed by atoms with E-state index in [0.717, 1.165) is 38.5 Å². The highest BCUT2D eigenvalue weighted by atomic mass is 35.5. The number of rotatable bonds is 5. The summed E-state index contributed by atoms with van der Waals surface area (Å²) in [7, 11) is 1.69. The van der Waals surface area contributed by atoms with Gasteiger partial charge in [-0.1, -0.05) is 12.1 Å². The first-order valence-electron chi connectivity index (χ1n) is 6.34. The van der Waals surface area contributed by atoms with Gasteiger partial charge in [-0.05, 0) is 24.1 Å². The van der Waals surface area contributed by atoms with Gasteiger partial charge in [0.2, 0.25) is 0 Å². The minimum atomic E-state index is 0.360. The second-order valence-electron chi connectivity index (χ2n) is 4.52. The lowest BCUT2D eigenvalue weighted by atomic mass is 10.1. The van der Waals surface area contributed by atoms with Crippen molar-refractivity contribution in [2.24, 2.45) is 0 Å². The van der Waals surface area contributed by atoms with Crippen molar-refractivity contribution >= 4 is 11.6 Å². The number of methoxy groups -OCH3 is 1. The molecule has 1 saturated heterocycles. The van der Waals surface area contributed by atoms with Crippen molar-refractivity contribution in [1.82, 2.24) is 4.90 Å². The van der Waals surface area contributed by atoms with Crippen molar-refractivity contribution in [3.05, 3.63) is 29.8 Å². The van der Waals surface area contributed by atoms with Gasteiger partial charge in [-0.15, -0.1) is 11.6 Å². The van der Waals surface area contributed by atoms with Gasteiger partial charge in [0, 0.05) is 25.0 Å². The molecule has 1 fully saturated rings. The molecule has 0 radical (unpaired) electrons. The van der Waals surface area contributed by atoms with Crippen LogP contribution in [0.15, 0.2) is 24.3 Å². The fourth-order valence-corrected chi connectivity index (χ4v) is 2.47. The first-order chi connectivity index (χ1) is 8.83. The zero-order valence-electron chi connectivity index (χ0n) is 10.8. The van der Waals surface area contributed by atoms with E-state index in [2.05, 4.69) is 17.0 Å². The van der Waals surface area contributed by atoms with Gasteiger partial charge in [0.25, 0.3) is 0 Å². The first-order valence-corrected chi connectivity index (χ1v) is 6.87. The lowest BCUT2D eigenvalue weighted by molar-refractivity contribution is 0.00168. The van der Waals surface area contributed by atoms with E-state index < -0.39 is 0 Å². The number of halogens is 1. The van der Waals surface area contributed by atoms with E-state index in [0.29, 0.717) is 11.9 Å². The Bertz CT molecular complexity index is 355. The Labute approximate surface area is 114 Å². The number of benzene rings is 1. The van der Waals surface area contributed by atoms with E-state index in [4.69, 9.17) is 21.1 Å². The average molecular weight is 270 g/mol. The Balaban J connectivity index is 1.85. The van der Waals surface area contributed by atoms with Crippen LogP contribution < -0.4 is 4.74 Å². The molecule has 100 valence electrons. The molecule has 1 atom stereocenters. The molecule has 0 amide bonds. The van der Waals surface area contributed by atoms with Crippen LogP contribution in [-0.4, -0.2) is 50.2 Å². The molecule has 4 heteroatoms. The van der Waals surface area contributed by atoms with Gasteiger partial charge in [0.1, 0.15) is 5.75 Å². The van der Waals surface area contributed by atoms with Crippen LogP contribution in [0.1, 0.15) is 5.56 Å². The number of nitrogens with zero attached hydrogens (tertiary/aromatic N) is 1. The Hall–Kier alpha value is -0.770. The molecule has 0 N–H and O–H groups in total. The van der Waals surface area contributed by atoms with Gasteiger partial charge in [0.15, 0.2) is 0 Å². The van der Waals surface area contributed by atoms with Gasteiger partial charge in [-0.3, -0.25) is 4.90 Å². The lowest BCUT2D eigenvalue weighted by Crippen LogP contribution is -2.47. The number of ether oxygens (including phenoxy) is 2. The minimum Gasteiger partial charge on any atom is -0.497 e. The molecule has 1 aliphatic rings. The van der Waals surface area contributed by atoms with E-state index in [-0.39, 0.29) is 0 Å². The van der Waals surface area contributed by atoms with E-state index in [1.54, 1.807) is 7.11 Å². The molecular weight excluding hydrogens is 250 g/mol. The van der Waals surface area contributed by atoms with E-state index in [1.807, 2.05) is 12.1 Å².